The topological polar surface area (TPSA) is 24.1 Å². The molecule has 0 rings (SSSR count). The van der Waals surface area contributed by atoms with Gasteiger partial charge in [0.15, 0.2) is 0 Å². The van der Waals surface area contributed by atoms with Crippen molar-refractivity contribution in [2.75, 3.05) is 13.1 Å². The summed E-state index contributed by atoms with van der Waals surface area (Å²) in [6.07, 6.45) is 7.89. The van der Waals surface area contributed by atoms with Gasteiger partial charge in [0.2, 0.25) is 0 Å². The molecule has 0 radical (unpaired) electrons. The van der Waals surface area contributed by atoms with E-state index in [9.17, 15) is 0 Å². The van der Waals surface area contributed by atoms with Crippen molar-refractivity contribution >= 4 is 0 Å². The van der Waals surface area contributed by atoms with E-state index in [-0.39, 0.29) is 0 Å². The highest BCUT2D eigenvalue weighted by Crippen LogP contribution is 2.20. The Morgan fingerprint density at radius 1 is 0.550 bits per heavy atom. The lowest BCUT2D eigenvalue weighted by atomic mass is 9.89. The molecule has 0 aromatic rings. The summed E-state index contributed by atoms with van der Waals surface area (Å²) in [7, 11) is 0. The van der Waals surface area contributed by atoms with Crippen molar-refractivity contribution < 1.29 is 0 Å². The largest absolute Gasteiger partial charge is 0.258 e. The van der Waals surface area contributed by atoms with Crippen molar-refractivity contribution in [3.63, 3.8) is 0 Å². The molecule has 0 heterocycles. The predicted octanol–water partition coefficient (Wildman–Crippen LogP) is 5.01. The van der Waals surface area contributed by atoms with Crippen molar-refractivity contribution in [2.24, 2.45) is 23.7 Å². The lowest BCUT2D eigenvalue weighted by Gasteiger charge is -2.21. The molecule has 0 bridgehead atoms. The second kappa shape index (κ2) is 12.6. The molecule has 2 heteroatoms. The minimum atomic E-state index is 0.827. The van der Waals surface area contributed by atoms with Crippen LogP contribution in [0.5, 0.6) is 0 Å². The lowest BCUT2D eigenvalue weighted by Crippen LogP contribution is -2.35. The van der Waals surface area contributed by atoms with Crippen molar-refractivity contribution in [2.45, 2.75) is 80.1 Å². The first kappa shape index (κ1) is 19.9. The standard InChI is InChI=1S/C18H40N2/c1-7-9-15(3)17(5)11-13-19-20-14-12-18(6)16(4)10-8-2/h15-20H,7-14H2,1-6H3. The molecule has 0 aromatic carbocycles. The normalized spacial score (nSPS) is 17.7. The zero-order valence-corrected chi connectivity index (χ0v) is 15.0. The summed E-state index contributed by atoms with van der Waals surface area (Å²) in [6, 6.07) is 0. The number of hydrazine groups is 1. The molecule has 4 atom stereocenters. The van der Waals surface area contributed by atoms with Crippen LogP contribution in [-0.4, -0.2) is 13.1 Å². The molecule has 0 aromatic heterocycles. The van der Waals surface area contributed by atoms with Crippen LogP contribution in [0.25, 0.3) is 0 Å². The van der Waals surface area contributed by atoms with E-state index in [0.717, 1.165) is 36.8 Å². The van der Waals surface area contributed by atoms with E-state index in [1.54, 1.807) is 0 Å². The van der Waals surface area contributed by atoms with Gasteiger partial charge in [-0.25, -0.2) is 0 Å². The van der Waals surface area contributed by atoms with Gasteiger partial charge in [0.1, 0.15) is 0 Å². The van der Waals surface area contributed by atoms with Crippen LogP contribution in [-0.2, 0) is 0 Å². The molecular weight excluding hydrogens is 244 g/mol. The first-order valence-corrected chi connectivity index (χ1v) is 8.98. The van der Waals surface area contributed by atoms with Gasteiger partial charge in [-0.05, 0) is 36.5 Å². The molecule has 0 aliphatic rings. The highest BCUT2D eigenvalue weighted by molar-refractivity contribution is 4.64. The molecule has 122 valence electrons. The molecule has 0 fully saturated rings. The third-order valence-electron chi connectivity index (χ3n) is 5.01. The molecule has 2 N–H and O–H groups in total. The highest BCUT2D eigenvalue weighted by Gasteiger charge is 2.11. The Balaban J connectivity index is 3.48. The van der Waals surface area contributed by atoms with Gasteiger partial charge >= 0.3 is 0 Å². The van der Waals surface area contributed by atoms with E-state index >= 15 is 0 Å². The summed E-state index contributed by atoms with van der Waals surface area (Å²) in [5, 5.41) is 0. The third kappa shape index (κ3) is 9.77. The van der Waals surface area contributed by atoms with Gasteiger partial charge in [-0.2, -0.15) is 0 Å². The summed E-state index contributed by atoms with van der Waals surface area (Å²) in [5.74, 6) is 3.37. The minimum absolute atomic E-state index is 0.827. The van der Waals surface area contributed by atoms with Crippen molar-refractivity contribution in [1.29, 1.82) is 0 Å². The van der Waals surface area contributed by atoms with E-state index in [2.05, 4.69) is 52.4 Å². The van der Waals surface area contributed by atoms with Gasteiger partial charge < -0.3 is 0 Å². The van der Waals surface area contributed by atoms with E-state index in [1.165, 1.54) is 38.5 Å². The van der Waals surface area contributed by atoms with Gasteiger partial charge in [0, 0.05) is 13.1 Å². The predicted molar refractivity (Wildman–Crippen MR) is 91.7 cm³/mol. The zero-order valence-electron chi connectivity index (χ0n) is 15.0. The van der Waals surface area contributed by atoms with Crippen LogP contribution in [0.15, 0.2) is 0 Å². The van der Waals surface area contributed by atoms with Gasteiger partial charge in [0.05, 0.1) is 0 Å². The number of hydrogen-bond donors (Lipinski definition) is 2. The summed E-state index contributed by atoms with van der Waals surface area (Å²) in [6.45, 7) is 16.3. The number of hydrogen-bond acceptors (Lipinski definition) is 2. The maximum absolute atomic E-state index is 3.39. The molecule has 4 unspecified atom stereocenters. The lowest BCUT2D eigenvalue weighted by molar-refractivity contribution is 0.313. The van der Waals surface area contributed by atoms with Crippen LogP contribution in [0.1, 0.15) is 80.1 Å². The van der Waals surface area contributed by atoms with Crippen LogP contribution in [0.3, 0.4) is 0 Å². The second-order valence-corrected chi connectivity index (χ2v) is 6.92. The molecular formula is C18H40N2. The molecule has 0 saturated heterocycles. The quantitative estimate of drug-likeness (QED) is 0.367. The van der Waals surface area contributed by atoms with E-state index < -0.39 is 0 Å². The van der Waals surface area contributed by atoms with Crippen LogP contribution in [0.2, 0.25) is 0 Å². The van der Waals surface area contributed by atoms with E-state index in [1.807, 2.05) is 0 Å². The first-order chi connectivity index (χ1) is 9.52. The Bertz CT molecular complexity index is 184. The van der Waals surface area contributed by atoms with Crippen LogP contribution >= 0.6 is 0 Å². The smallest absolute Gasteiger partial charge is 0.0102 e. The maximum atomic E-state index is 3.39. The Hall–Kier alpha value is -0.0800. The van der Waals surface area contributed by atoms with E-state index in [0.29, 0.717) is 0 Å². The average molecular weight is 285 g/mol. The Morgan fingerprint density at radius 3 is 1.15 bits per heavy atom. The average Bonchev–Trinajstić information content (AvgIpc) is 2.42. The number of rotatable bonds is 13. The SMILES string of the molecule is CCCC(C)C(C)CCNNCCC(C)C(C)CCC. The minimum Gasteiger partial charge on any atom is -0.258 e. The van der Waals surface area contributed by atoms with Crippen LogP contribution < -0.4 is 10.9 Å². The Kier molecular flexibility index (Phi) is 12.6. The summed E-state index contributed by atoms with van der Waals surface area (Å²) < 4.78 is 0. The fourth-order valence-corrected chi connectivity index (χ4v) is 2.83. The molecule has 0 aliphatic carbocycles. The van der Waals surface area contributed by atoms with E-state index in [4.69, 9.17) is 0 Å². The van der Waals surface area contributed by atoms with Gasteiger partial charge in [-0.15, -0.1) is 0 Å². The Labute approximate surface area is 128 Å². The molecule has 2 nitrogen and oxygen atoms in total. The molecule has 0 amide bonds. The van der Waals surface area contributed by atoms with Crippen molar-refractivity contribution in [1.82, 2.24) is 10.9 Å². The molecule has 0 aliphatic heterocycles. The van der Waals surface area contributed by atoms with Crippen LogP contribution in [0, 0.1) is 23.7 Å². The van der Waals surface area contributed by atoms with Gasteiger partial charge in [-0.3, -0.25) is 10.9 Å². The molecule has 0 spiro atoms. The fourth-order valence-electron chi connectivity index (χ4n) is 2.83. The van der Waals surface area contributed by atoms with Gasteiger partial charge in [0.25, 0.3) is 0 Å². The van der Waals surface area contributed by atoms with Crippen molar-refractivity contribution in [3.05, 3.63) is 0 Å². The van der Waals surface area contributed by atoms with Crippen LogP contribution in [0.4, 0.5) is 0 Å². The third-order valence-corrected chi connectivity index (χ3v) is 5.01. The maximum Gasteiger partial charge on any atom is 0.0102 e. The molecule has 20 heavy (non-hydrogen) atoms. The summed E-state index contributed by atoms with van der Waals surface area (Å²) in [5.41, 5.74) is 6.78. The van der Waals surface area contributed by atoms with Gasteiger partial charge in [-0.1, -0.05) is 67.2 Å². The number of nitrogens with one attached hydrogen (secondary N) is 2. The first-order valence-electron chi connectivity index (χ1n) is 8.98. The molecule has 0 saturated carbocycles. The monoisotopic (exact) mass is 284 g/mol. The zero-order chi connectivity index (χ0) is 15.4. The second-order valence-electron chi connectivity index (χ2n) is 6.92. The highest BCUT2D eigenvalue weighted by atomic mass is 15.3. The van der Waals surface area contributed by atoms with Crippen molar-refractivity contribution in [3.8, 4) is 0 Å². The fraction of sp³-hybridized carbons (Fsp3) is 1.00. The Morgan fingerprint density at radius 2 is 0.850 bits per heavy atom. The summed E-state index contributed by atoms with van der Waals surface area (Å²) >= 11 is 0. The summed E-state index contributed by atoms with van der Waals surface area (Å²) in [4.78, 5) is 0.